The Hall–Kier alpha value is -1.43. The first-order chi connectivity index (χ1) is 6.02. The van der Waals surface area contributed by atoms with E-state index in [9.17, 15) is 20.0 Å². The first-order valence-corrected chi connectivity index (χ1v) is 3.97. The maximum absolute atomic E-state index is 10.3. The van der Waals surface area contributed by atoms with Crippen LogP contribution in [0.3, 0.4) is 0 Å². The van der Waals surface area contributed by atoms with E-state index < -0.39 is 10.9 Å². The zero-order valence-corrected chi connectivity index (χ0v) is 7.78. The molecule has 0 atom stereocenters. The zero-order chi connectivity index (χ0) is 10.0. The number of carbonyl (C=O) groups excluding carboxylic acids is 1. The van der Waals surface area contributed by atoms with E-state index in [0.717, 1.165) is 18.2 Å². The average Bonchev–Trinajstić information content (AvgIpc) is 2.03. The van der Waals surface area contributed by atoms with Gasteiger partial charge in [0.15, 0.2) is 0 Å². The summed E-state index contributed by atoms with van der Waals surface area (Å²) in [7, 11) is 0. The molecule has 0 aliphatic rings. The third-order valence-corrected chi connectivity index (χ3v) is 2.02. The Kier molecular flexibility index (Phi) is 2.62. The van der Waals surface area contributed by atoms with Crippen molar-refractivity contribution in [2.24, 2.45) is 0 Å². The molecular weight excluding hydrogens is 242 g/mol. The van der Waals surface area contributed by atoms with Crippen LogP contribution < -0.4 is 5.11 Å². The fourth-order valence-electron chi connectivity index (χ4n) is 0.782. The van der Waals surface area contributed by atoms with Gasteiger partial charge in [-0.15, -0.1) is 0 Å². The van der Waals surface area contributed by atoms with E-state index in [2.05, 4.69) is 15.9 Å². The predicted molar refractivity (Wildman–Crippen MR) is 45.1 cm³/mol. The lowest BCUT2D eigenvalue weighted by Gasteiger charge is -2.02. The number of nitro groups is 1. The summed E-state index contributed by atoms with van der Waals surface area (Å²) >= 11 is 2.88. The molecule has 68 valence electrons. The van der Waals surface area contributed by atoms with Crippen molar-refractivity contribution >= 4 is 27.6 Å². The molecule has 0 saturated carbocycles. The molecule has 0 amide bonds. The summed E-state index contributed by atoms with van der Waals surface area (Å²) < 4.78 is 0.124. The molecule has 0 heterocycles. The smallest absolute Gasteiger partial charge is 0.283 e. The second kappa shape index (κ2) is 3.53. The first kappa shape index (κ1) is 9.66. The van der Waals surface area contributed by atoms with E-state index in [0.29, 0.717) is 0 Å². The average molecular weight is 245 g/mol. The largest absolute Gasteiger partial charge is 0.545 e. The van der Waals surface area contributed by atoms with Crippen LogP contribution in [0.4, 0.5) is 5.69 Å². The molecule has 0 saturated heterocycles. The Bertz CT molecular complexity index is 377. The lowest BCUT2D eigenvalue weighted by molar-refractivity contribution is -0.385. The highest BCUT2D eigenvalue weighted by Crippen LogP contribution is 2.25. The van der Waals surface area contributed by atoms with E-state index in [1.165, 1.54) is 0 Å². The number of nitrogens with zero attached hydrogens (tertiary/aromatic N) is 1. The molecule has 1 aromatic rings. The minimum absolute atomic E-state index is 0.0996. The van der Waals surface area contributed by atoms with Gasteiger partial charge in [-0.1, -0.05) is 0 Å². The van der Waals surface area contributed by atoms with Crippen molar-refractivity contribution in [3.63, 3.8) is 0 Å². The predicted octanol–water partition coefficient (Wildman–Crippen LogP) is 0.721. The molecule has 0 N–H and O–H groups in total. The molecule has 0 fully saturated rings. The number of halogens is 1. The van der Waals surface area contributed by atoms with Crippen molar-refractivity contribution in [3.05, 3.63) is 38.3 Å². The number of hydrogen-bond acceptors (Lipinski definition) is 4. The van der Waals surface area contributed by atoms with Gasteiger partial charge in [-0.2, -0.15) is 0 Å². The maximum Gasteiger partial charge on any atom is 0.283 e. The number of carbonyl (C=O) groups is 1. The summed E-state index contributed by atoms with van der Waals surface area (Å²) in [4.78, 5) is 20.0. The van der Waals surface area contributed by atoms with E-state index >= 15 is 0 Å². The van der Waals surface area contributed by atoms with Gasteiger partial charge in [0.1, 0.15) is 0 Å². The van der Waals surface area contributed by atoms with Gasteiger partial charge < -0.3 is 9.90 Å². The Balaban J connectivity index is 3.20. The molecule has 0 aliphatic heterocycles. The zero-order valence-electron chi connectivity index (χ0n) is 6.19. The van der Waals surface area contributed by atoms with Crippen molar-refractivity contribution in [1.29, 1.82) is 0 Å². The molecule has 0 unspecified atom stereocenters. The maximum atomic E-state index is 10.3. The normalized spacial score (nSPS) is 9.62. The van der Waals surface area contributed by atoms with E-state index in [1.807, 2.05) is 0 Å². The van der Waals surface area contributed by atoms with Gasteiger partial charge >= 0.3 is 0 Å². The summed E-state index contributed by atoms with van der Waals surface area (Å²) in [5.74, 6) is -1.37. The summed E-state index contributed by atoms with van der Waals surface area (Å²) in [5.41, 5.74) is -0.275. The molecule has 6 heteroatoms. The van der Waals surface area contributed by atoms with Crippen molar-refractivity contribution in [2.75, 3.05) is 0 Å². The number of nitro benzene ring substituents is 1. The topological polar surface area (TPSA) is 83.3 Å². The summed E-state index contributed by atoms with van der Waals surface area (Å²) in [5, 5.41) is 20.6. The Morgan fingerprint density at radius 3 is 2.46 bits per heavy atom. The molecule has 1 aromatic carbocycles. The van der Waals surface area contributed by atoms with Crippen LogP contribution in [-0.4, -0.2) is 10.9 Å². The highest BCUT2D eigenvalue weighted by atomic mass is 79.9. The fraction of sp³-hybridized carbons (Fsp3) is 0. The second-order valence-corrected chi connectivity index (χ2v) is 3.07. The van der Waals surface area contributed by atoms with Crippen molar-refractivity contribution in [3.8, 4) is 0 Å². The van der Waals surface area contributed by atoms with Crippen LogP contribution in [-0.2, 0) is 0 Å². The number of hydrogen-bond donors (Lipinski definition) is 0. The Morgan fingerprint density at radius 2 is 2.08 bits per heavy atom. The van der Waals surface area contributed by atoms with Gasteiger partial charge in [0, 0.05) is 6.07 Å². The van der Waals surface area contributed by atoms with Gasteiger partial charge in [-0.3, -0.25) is 10.1 Å². The van der Waals surface area contributed by atoms with Crippen LogP contribution in [0.1, 0.15) is 10.4 Å². The Morgan fingerprint density at radius 1 is 1.46 bits per heavy atom. The number of rotatable bonds is 2. The molecule has 5 nitrogen and oxygen atoms in total. The molecular formula is C7H3BrNO4-. The molecule has 0 radical (unpaired) electrons. The van der Waals surface area contributed by atoms with Crippen LogP contribution in [0.5, 0.6) is 0 Å². The first-order valence-electron chi connectivity index (χ1n) is 3.17. The molecule has 0 aromatic heterocycles. The van der Waals surface area contributed by atoms with E-state index in [4.69, 9.17) is 0 Å². The number of carboxylic acids is 1. The van der Waals surface area contributed by atoms with Gasteiger partial charge in [0.25, 0.3) is 5.69 Å². The third kappa shape index (κ3) is 2.03. The monoisotopic (exact) mass is 244 g/mol. The SMILES string of the molecule is O=C([O-])c1ccc([N+](=O)[O-])c(Br)c1. The van der Waals surface area contributed by atoms with E-state index in [1.54, 1.807) is 0 Å². The molecule has 1 rings (SSSR count). The number of carboxylic acid groups (broad SMARTS) is 1. The fourth-order valence-corrected chi connectivity index (χ4v) is 1.31. The standard InChI is InChI=1S/C7H4BrNO4/c8-5-3-4(7(10)11)1-2-6(5)9(12)13/h1-3H,(H,10,11)/p-1. The lowest BCUT2D eigenvalue weighted by atomic mass is 10.2. The van der Waals surface area contributed by atoms with Gasteiger partial charge in [0.2, 0.25) is 0 Å². The second-order valence-electron chi connectivity index (χ2n) is 2.21. The number of benzene rings is 1. The minimum atomic E-state index is -1.37. The van der Waals surface area contributed by atoms with Crippen molar-refractivity contribution in [1.82, 2.24) is 0 Å². The van der Waals surface area contributed by atoms with Crippen molar-refractivity contribution in [2.45, 2.75) is 0 Å². The van der Waals surface area contributed by atoms with Gasteiger partial charge in [0.05, 0.1) is 15.4 Å². The lowest BCUT2D eigenvalue weighted by Crippen LogP contribution is -2.22. The van der Waals surface area contributed by atoms with Gasteiger partial charge in [-0.05, 0) is 33.6 Å². The molecule has 0 bridgehead atoms. The van der Waals surface area contributed by atoms with Gasteiger partial charge in [-0.25, -0.2) is 0 Å². The quantitative estimate of drug-likeness (QED) is 0.567. The van der Waals surface area contributed by atoms with Crippen LogP contribution in [0, 0.1) is 10.1 Å². The van der Waals surface area contributed by atoms with Crippen molar-refractivity contribution < 1.29 is 14.8 Å². The van der Waals surface area contributed by atoms with Crippen LogP contribution in [0.25, 0.3) is 0 Å². The molecule has 0 spiro atoms. The number of aromatic carboxylic acids is 1. The van der Waals surface area contributed by atoms with E-state index in [-0.39, 0.29) is 15.7 Å². The molecule has 0 aliphatic carbocycles. The highest BCUT2D eigenvalue weighted by molar-refractivity contribution is 9.10. The Labute approximate surface area is 81.3 Å². The van der Waals surface area contributed by atoms with Crippen LogP contribution in [0.15, 0.2) is 22.7 Å². The molecule has 13 heavy (non-hydrogen) atoms. The van der Waals surface area contributed by atoms with Crippen LogP contribution >= 0.6 is 15.9 Å². The third-order valence-electron chi connectivity index (χ3n) is 1.38. The highest BCUT2D eigenvalue weighted by Gasteiger charge is 2.11. The minimum Gasteiger partial charge on any atom is -0.545 e. The summed E-state index contributed by atoms with van der Waals surface area (Å²) in [6.07, 6.45) is 0. The van der Waals surface area contributed by atoms with Crippen LogP contribution in [0.2, 0.25) is 0 Å². The summed E-state index contributed by atoms with van der Waals surface area (Å²) in [6.45, 7) is 0. The summed E-state index contributed by atoms with van der Waals surface area (Å²) in [6, 6.07) is 3.36.